The standard InChI is InChI=1S/C23H24ClN3O/c1-2-23(28)26-20-11-12-21(13-20)27-15-25-14-22(27)18-5-3-16(4-6-18)17-7-9-19(24)10-8-17/h3-10,14-15,20-21H,2,11-13H2,1H3,(H,26,28)/t20-,21?/m0/s1. The van der Waals surface area contributed by atoms with E-state index in [-0.39, 0.29) is 11.9 Å². The van der Waals surface area contributed by atoms with Gasteiger partial charge in [0.1, 0.15) is 0 Å². The second kappa shape index (κ2) is 8.19. The minimum absolute atomic E-state index is 0.134. The highest BCUT2D eigenvalue weighted by atomic mass is 35.5. The van der Waals surface area contributed by atoms with E-state index in [0.717, 1.165) is 46.7 Å². The number of aromatic nitrogens is 2. The van der Waals surface area contributed by atoms with Crippen molar-refractivity contribution in [2.24, 2.45) is 0 Å². The van der Waals surface area contributed by atoms with E-state index in [9.17, 15) is 4.79 Å². The zero-order valence-corrected chi connectivity index (χ0v) is 16.7. The van der Waals surface area contributed by atoms with E-state index in [2.05, 4.69) is 39.1 Å². The van der Waals surface area contributed by atoms with Gasteiger partial charge in [0, 0.05) is 23.5 Å². The fourth-order valence-corrected chi connectivity index (χ4v) is 4.09. The van der Waals surface area contributed by atoms with Gasteiger partial charge in [0.15, 0.2) is 0 Å². The van der Waals surface area contributed by atoms with Crippen molar-refractivity contribution in [2.45, 2.75) is 44.7 Å². The van der Waals surface area contributed by atoms with Crippen molar-refractivity contribution in [2.75, 3.05) is 0 Å². The summed E-state index contributed by atoms with van der Waals surface area (Å²) in [5.41, 5.74) is 4.58. The second-order valence-corrected chi connectivity index (χ2v) is 7.79. The Labute approximate surface area is 170 Å². The molecule has 2 aromatic carbocycles. The molecule has 1 heterocycles. The Balaban J connectivity index is 1.51. The van der Waals surface area contributed by atoms with Crippen molar-refractivity contribution < 1.29 is 4.79 Å². The fraction of sp³-hybridized carbons (Fsp3) is 0.304. The number of imidazole rings is 1. The maximum Gasteiger partial charge on any atom is 0.219 e. The smallest absolute Gasteiger partial charge is 0.219 e. The van der Waals surface area contributed by atoms with Gasteiger partial charge in [-0.05, 0) is 48.1 Å². The molecule has 0 aliphatic heterocycles. The summed E-state index contributed by atoms with van der Waals surface area (Å²) in [7, 11) is 0. The molecule has 1 aliphatic rings. The third kappa shape index (κ3) is 3.97. The van der Waals surface area contributed by atoms with Gasteiger partial charge in [0.25, 0.3) is 0 Å². The Morgan fingerprint density at radius 2 is 1.71 bits per heavy atom. The van der Waals surface area contributed by atoms with Gasteiger partial charge in [0.05, 0.1) is 18.2 Å². The summed E-state index contributed by atoms with van der Waals surface area (Å²) < 4.78 is 2.26. The van der Waals surface area contributed by atoms with E-state index in [4.69, 9.17) is 11.6 Å². The molecule has 0 radical (unpaired) electrons. The van der Waals surface area contributed by atoms with Crippen LogP contribution in [0.5, 0.6) is 0 Å². The van der Waals surface area contributed by atoms with Crippen LogP contribution in [-0.4, -0.2) is 21.5 Å². The maximum absolute atomic E-state index is 11.7. The largest absolute Gasteiger partial charge is 0.353 e. The quantitative estimate of drug-likeness (QED) is 0.623. The lowest BCUT2D eigenvalue weighted by atomic mass is 10.0. The first-order valence-electron chi connectivity index (χ1n) is 9.81. The van der Waals surface area contributed by atoms with Gasteiger partial charge >= 0.3 is 0 Å². The predicted octanol–water partition coefficient (Wildman–Crippen LogP) is 5.49. The third-order valence-corrected chi connectivity index (χ3v) is 5.76. The predicted molar refractivity (Wildman–Crippen MR) is 113 cm³/mol. The molecular weight excluding hydrogens is 370 g/mol. The Morgan fingerprint density at radius 1 is 1.07 bits per heavy atom. The molecule has 0 spiro atoms. The van der Waals surface area contributed by atoms with Gasteiger partial charge in [-0.25, -0.2) is 4.98 Å². The highest BCUT2D eigenvalue weighted by Gasteiger charge is 2.28. The Bertz CT molecular complexity index is 947. The second-order valence-electron chi connectivity index (χ2n) is 7.36. The van der Waals surface area contributed by atoms with E-state index in [0.29, 0.717) is 12.5 Å². The van der Waals surface area contributed by atoms with E-state index in [1.165, 1.54) is 0 Å². The molecule has 1 amide bonds. The summed E-state index contributed by atoms with van der Waals surface area (Å²) in [6, 6.07) is 17.1. The maximum atomic E-state index is 11.7. The first kappa shape index (κ1) is 18.8. The van der Waals surface area contributed by atoms with Crippen molar-refractivity contribution in [3.05, 3.63) is 66.1 Å². The molecule has 1 saturated carbocycles. The highest BCUT2D eigenvalue weighted by Crippen LogP contribution is 2.34. The van der Waals surface area contributed by atoms with Crippen molar-refractivity contribution in [3.63, 3.8) is 0 Å². The van der Waals surface area contributed by atoms with Crippen molar-refractivity contribution in [1.29, 1.82) is 0 Å². The number of hydrogen-bond donors (Lipinski definition) is 1. The monoisotopic (exact) mass is 393 g/mol. The number of amides is 1. The van der Waals surface area contributed by atoms with Crippen LogP contribution >= 0.6 is 11.6 Å². The first-order chi connectivity index (χ1) is 13.6. The van der Waals surface area contributed by atoms with Gasteiger partial charge in [-0.3, -0.25) is 4.79 Å². The Morgan fingerprint density at radius 3 is 2.39 bits per heavy atom. The molecule has 5 heteroatoms. The van der Waals surface area contributed by atoms with Gasteiger partial charge in [-0.1, -0.05) is 54.9 Å². The lowest BCUT2D eigenvalue weighted by molar-refractivity contribution is -0.121. The average molecular weight is 394 g/mol. The van der Waals surface area contributed by atoms with Gasteiger partial charge in [-0.15, -0.1) is 0 Å². The number of benzene rings is 2. The van der Waals surface area contributed by atoms with Crippen LogP contribution < -0.4 is 5.32 Å². The molecule has 0 saturated heterocycles. The SMILES string of the molecule is CCC(=O)N[C@H]1CCC(n2cncc2-c2ccc(-c3ccc(Cl)cc3)cc2)C1. The zero-order valence-electron chi connectivity index (χ0n) is 15.9. The van der Waals surface area contributed by atoms with E-state index < -0.39 is 0 Å². The van der Waals surface area contributed by atoms with Gasteiger partial charge < -0.3 is 9.88 Å². The number of carbonyl (C=O) groups is 1. The minimum Gasteiger partial charge on any atom is -0.353 e. The average Bonchev–Trinajstić information content (AvgIpc) is 3.38. The minimum atomic E-state index is 0.134. The molecule has 28 heavy (non-hydrogen) atoms. The van der Waals surface area contributed by atoms with E-state index in [1.807, 2.05) is 43.7 Å². The lowest BCUT2D eigenvalue weighted by Gasteiger charge is -2.17. The molecule has 1 N–H and O–H groups in total. The lowest BCUT2D eigenvalue weighted by Crippen LogP contribution is -2.32. The van der Waals surface area contributed by atoms with E-state index >= 15 is 0 Å². The number of rotatable bonds is 5. The number of halogens is 1. The summed E-state index contributed by atoms with van der Waals surface area (Å²) in [5.74, 6) is 0.134. The Hall–Kier alpha value is -2.59. The zero-order chi connectivity index (χ0) is 19.5. The van der Waals surface area contributed by atoms with E-state index in [1.54, 1.807) is 0 Å². The van der Waals surface area contributed by atoms with Crippen LogP contribution in [0.4, 0.5) is 0 Å². The highest BCUT2D eigenvalue weighted by molar-refractivity contribution is 6.30. The summed E-state index contributed by atoms with van der Waals surface area (Å²) in [6.07, 6.45) is 7.41. The molecular formula is C23H24ClN3O. The molecule has 0 bridgehead atoms. The molecule has 1 aliphatic carbocycles. The van der Waals surface area contributed by atoms with Crippen LogP contribution in [0.25, 0.3) is 22.4 Å². The van der Waals surface area contributed by atoms with Crippen molar-refractivity contribution in [3.8, 4) is 22.4 Å². The van der Waals surface area contributed by atoms with Gasteiger partial charge in [0.2, 0.25) is 5.91 Å². The van der Waals surface area contributed by atoms with Crippen molar-refractivity contribution >= 4 is 17.5 Å². The first-order valence-corrected chi connectivity index (χ1v) is 10.2. The number of nitrogens with zero attached hydrogens (tertiary/aromatic N) is 2. The molecule has 1 aromatic heterocycles. The molecule has 3 aromatic rings. The molecule has 4 rings (SSSR count). The number of nitrogens with one attached hydrogen (secondary N) is 1. The molecule has 1 fully saturated rings. The number of carbonyl (C=O) groups excluding carboxylic acids is 1. The van der Waals surface area contributed by atoms with Crippen LogP contribution in [0.3, 0.4) is 0 Å². The molecule has 4 nitrogen and oxygen atoms in total. The van der Waals surface area contributed by atoms with Crippen LogP contribution in [-0.2, 0) is 4.79 Å². The van der Waals surface area contributed by atoms with Crippen LogP contribution in [0.2, 0.25) is 5.02 Å². The normalized spacial score (nSPS) is 18.9. The third-order valence-electron chi connectivity index (χ3n) is 5.51. The molecule has 1 unspecified atom stereocenters. The molecule has 2 atom stereocenters. The topological polar surface area (TPSA) is 46.9 Å². The number of hydrogen-bond acceptors (Lipinski definition) is 2. The van der Waals surface area contributed by atoms with Crippen LogP contribution in [0.15, 0.2) is 61.1 Å². The summed E-state index contributed by atoms with van der Waals surface area (Å²) in [6.45, 7) is 1.89. The van der Waals surface area contributed by atoms with Crippen LogP contribution in [0.1, 0.15) is 38.6 Å². The summed E-state index contributed by atoms with van der Waals surface area (Å²) in [5, 5.41) is 3.87. The summed E-state index contributed by atoms with van der Waals surface area (Å²) in [4.78, 5) is 16.1. The summed E-state index contributed by atoms with van der Waals surface area (Å²) >= 11 is 5.98. The van der Waals surface area contributed by atoms with Gasteiger partial charge in [-0.2, -0.15) is 0 Å². The molecule has 144 valence electrons. The fourth-order valence-electron chi connectivity index (χ4n) is 3.97. The Kier molecular flexibility index (Phi) is 5.49. The van der Waals surface area contributed by atoms with Crippen molar-refractivity contribution in [1.82, 2.24) is 14.9 Å². The van der Waals surface area contributed by atoms with Crippen LogP contribution in [0, 0.1) is 0 Å².